The van der Waals surface area contributed by atoms with Crippen molar-refractivity contribution in [1.29, 1.82) is 0 Å². The van der Waals surface area contributed by atoms with E-state index in [4.69, 9.17) is 38.6 Å². The summed E-state index contributed by atoms with van der Waals surface area (Å²) in [5, 5.41) is 17.0. The first-order valence-electron chi connectivity index (χ1n) is 14.4. The van der Waals surface area contributed by atoms with Gasteiger partial charge in [-0.3, -0.25) is 38.4 Å². The quantitative estimate of drug-likeness (QED) is 0.0745. The Labute approximate surface area is 254 Å². The number of carbonyl (C=O) groups excluding carboxylic acids is 6. The molecule has 16 nitrogen and oxygen atoms in total. The largest absolute Gasteiger partial charge is 0.481 e. The van der Waals surface area contributed by atoms with Crippen LogP contribution in [0.1, 0.15) is 89.9 Å². The maximum Gasteiger partial charge on any atom is 0.306 e. The molecule has 0 aromatic carbocycles. The first-order chi connectivity index (χ1) is 21.0. The van der Waals surface area contributed by atoms with E-state index in [0.29, 0.717) is 38.5 Å². The van der Waals surface area contributed by atoms with Gasteiger partial charge in [0.1, 0.15) is 0 Å². The lowest BCUT2D eigenvalue weighted by Gasteiger charge is -2.07. The van der Waals surface area contributed by atoms with Crippen molar-refractivity contribution in [2.45, 2.75) is 89.9 Å². The van der Waals surface area contributed by atoms with Crippen molar-refractivity contribution in [3.63, 3.8) is 0 Å². The predicted octanol–water partition coefficient (Wildman–Crippen LogP) is 1.88. The van der Waals surface area contributed by atoms with E-state index in [1.54, 1.807) is 0 Å². The molecule has 0 aliphatic rings. The fourth-order valence-corrected chi connectivity index (χ4v) is 2.99. The predicted molar refractivity (Wildman–Crippen MR) is 146 cm³/mol. The number of carbonyl (C=O) groups is 8. The first-order valence-corrected chi connectivity index (χ1v) is 14.4. The minimum atomic E-state index is -1.09. The zero-order chi connectivity index (χ0) is 33.0. The molecule has 0 unspecified atom stereocenters. The third kappa shape index (κ3) is 27.9. The summed E-state index contributed by atoms with van der Waals surface area (Å²) >= 11 is 0. The van der Waals surface area contributed by atoms with E-state index < -0.39 is 47.8 Å². The summed E-state index contributed by atoms with van der Waals surface area (Å²) < 4.78 is 29.6. The van der Waals surface area contributed by atoms with Crippen molar-refractivity contribution in [3.8, 4) is 0 Å². The highest BCUT2D eigenvalue weighted by Crippen LogP contribution is 2.03. The van der Waals surface area contributed by atoms with Crippen LogP contribution >= 0.6 is 0 Å². The van der Waals surface area contributed by atoms with Gasteiger partial charge in [-0.15, -0.1) is 0 Å². The van der Waals surface area contributed by atoms with E-state index in [9.17, 15) is 38.4 Å². The topological polar surface area (TPSA) is 232 Å². The van der Waals surface area contributed by atoms with Gasteiger partial charge in [0.15, 0.2) is 0 Å². The van der Waals surface area contributed by atoms with Crippen molar-refractivity contribution in [2.75, 3.05) is 39.6 Å². The molecule has 0 aliphatic heterocycles. The molecule has 0 atom stereocenters. The van der Waals surface area contributed by atoms with Gasteiger partial charge in [0.25, 0.3) is 0 Å². The Morgan fingerprint density at radius 2 is 0.455 bits per heavy atom. The van der Waals surface area contributed by atoms with Crippen LogP contribution in [-0.2, 0) is 66.8 Å². The van der Waals surface area contributed by atoms with Crippen molar-refractivity contribution in [1.82, 2.24) is 0 Å². The van der Waals surface area contributed by atoms with Crippen LogP contribution in [0.25, 0.3) is 0 Å². The number of hydrogen-bond donors (Lipinski definition) is 2. The van der Waals surface area contributed by atoms with E-state index in [2.05, 4.69) is 0 Å². The van der Waals surface area contributed by atoms with Gasteiger partial charge in [-0.05, 0) is 38.5 Å². The van der Waals surface area contributed by atoms with Crippen LogP contribution in [0.4, 0.5) is 0 Å². The highest BCUT2D eigenvalue weighted by Gasteiger charge is 2.12. The van der Waals surface area contributed by atoms with Crippen molar-refractivity contribution >= 4 is 47.8 Å². The van der Waals surface area contributed by atoms with Crippen LogP contribution < -0.4 is 0 Å². The Kier molecular flexibility index (Phi) is 23.8. The van der Waals surface area contributed by atoms with Gasteiger partial charge in [-0.2, -0.15) is 0 Å². The molecule has 16 heteroatoms. The van der Waals surface area contributed by atoms with Crippen molar-refractivity contribution in [2.24, 2.45) is 0 Å². The Morgan fingerprint density at radius 3 is 0.614 bits per heavy atom. The summed E-state index contributed by atoms with van der Waals surface area (Å²) in [6.45, 7) is 0.485. The lowest BCUT2D eigenvalue weighted by Crippen LogP contribution is -2.13. The molecule has 0 aromatic rings. The average Bonchev–Trinajstić information content (AvgIpc) is 2.97. The summed E-state index contributed by atoms with van der Waals surface area (Å²) in [5.74, 6) is -5.71. The van der Waals surface area contributed by atoms with Gasteiger partial charge in [-0.25, -0.2) is 0 Å². The minimum Gasteiger partial charge on any atom is -0.481 e. The number of esters is 6. The molecule has 0 heterocycles. The molecule has 0 fully saturated rings. The van der Waals surface area contributed by atoms with Crippen LogP contribution in [0.2, 0.25) is 0 Å². The number of rotatable bonds is 27. The van der Waals surface area contributed by atoms with E-state index in [0.717, 1.165) is 0 Å². The molecule has 0 radical (unpaired) electrons. The van der Waals surface area contributed by atoms with Gasteiger partial charge in [0.05, 0.1) is 91.0 Å². The number of hydrogen-bond acceptors (Lipinski definition) is 14. The third-order valence-corrected chi connectivity index (χ3v) is 5.35. The SMILES string of the molecule is O=C(O)CCC(=O)OCCCCOC(=O)CCC(=O)OCCCCOC(=O)CCC(=O)OCCCCOC(=O)CCC(=O)O. The number of carboxylic acids is 2. The average molecular weight is 635 g/mol. The summed E-state index contributed by atoms with van der Waals surface area (Å²) in [7, 11) is 0. The van der Waals surface area contributed by atoms with Gasteiger partial charge >= 0.3 is 47.8 Å². The highest BCUT2D eigenvalue weighted by atomic mass is 16.6. The van der Waals surface area contributed by atoms with Crippen molar-refractivity contribution in [3.05, 3.63) is 0 Å². The standard InChI is InChI=1S/C28H42O16/c29-21(30)7-9-23(33)39-15-1-3-17-41-25(35)11-13-27(37)43-19-5-6-20-44-28(38)14-12-26(36)42-18-4-2-16-40-24(34)10-8-22(31)32/h1-20H2,(H,29,30)(H,31,32). The van der Waals surface area contributed by atoms with Gasteiger partial charge in [-0.1, -0.05) is 0 Å². The lowest BCUT2D eigenvalue weighted by molar-refractivity contribution is -0.151. The van der Waals surface area contributed by atoms with Crippen LogP contribution in [-0.4, -0.2) is 97.6 Å². The first kappa shape index (κ1) is 39.8. The molecule has 0 saturated carbocycles. The van der Waals surface area contributed by atoms with Crippen LogP contribution in [0.5, 0.6) is 0 Å². The summed E-state index contributed by atoms with van der Waals surface area (Å²) in [5.41, 5.74) is 0. The van der Waals surface area contributed by atoms with Gasteiger partial charge in [0, 0.05) is 0 Å². The molecule has 0 saturated heterocycles. The Bertz CT molecular complexity index is 855. The van der Waals surface area contributed by atoms with Crippen LogP contribution in [0, 0.1) is 0 Å². The Morgan fingerprint density at radius 1 is 0.295 bits per heavy atom. The smallest absolute Gasteiger partial charge is 0.306 e. The molecule has 250 valence electrons. The molecule has 2 N–H and O–H groups in total. The maximum atomic E-state index is 11.7. The molecular weight excluding hydrogens is 592 g/mol. The fraction of sp³-hybridized carbons (Fsp3) is 0.714. The molecule has 0 aliphatic carbocycles. The normalized spacial score (nSPS) is 10.3. The molecular formula is C28H42O16. The minimum absolute atomic E-state index is 0.0739. The molecule has 0 rings (SSSR count). The van der Waals surface area contributed by atoms with E-state index in [-0.39, 0.29) is 91.0 Å². The molecule has 0 amide bonds. The zero-order valence-electron chi connectivity index (χ0n) is 24.8. The van der Waals surface area contributed by atoms with Crippen LogP contribution in [0.3, 0.4) is 0 Å². The summed E-state index contributed by atoms with van der Waals surface area (Å²) in [6.07, 6.45) is 0.910. The highest BCUT2D eigenvalue weighted by molar-refractivity contribution is 5.78. The second-order valence-electron chi connectivity index (χ2n) is 9.23. The third-order valence-electron chi connectivity index (χ3n) is 5.35. The summed E-state index contributed by atoms with van der Waals surface area (Å²) in [4.78, 5) is 90.0. The second-order valence-corrected chi connectivity index (χ2v) is 9.23. The van der Waals surface area contributed by atoms with Gasteiger partial charge < -0.3 is 38.6 Å². The Balaban J connectivity index is 3.59. The number of ether oxygens (including phenoxy) is 6. The van der Waals surface area contributed by atoms with E-state index >= 15 is 0 Å². The Hall–Kier alpha value is -4.24. The zero-order valence-corrected chi connectivity index (χ0v) is 24.8. The maximum absolute atomic E-state index is 11.7. The number of aliphatic carboxylic acids is 2. The molecule has 0 spiro atoms. The van der Waals surface area contributed by atoms with E-state index in [1.165, 1.54) is 0 Å². The van der Waals surface area contributed by atoms with Crippen molar-refractivity contribution < 1.29 is 77.0 Å². The summed E-state index contributed by atoms with van der Waals surface area (Å²) in [6, 6.07) is 0. The molecule has 0 bridgehead atoms. The lowest BCUT2D eigenvalue weighted by atomic mass is 10.3. The number of unbranched alkanes of at least 4 members (excludes halogenated alkanes) is 3. The fourth-order valence-electron chi connectivity index (χ4n) is 2.99. The number of carboxylic acid groups (broad SMARTS) is 2. The van der Waals surface area contributed by atoms with E-state index in [1.807, 2.05) is 0 Å². The van der Waals surface area contributed by atoms with Gasteiger partial charge in [0.2, 0.25) is 0 Å². The monoisotopic (exact) mass is 634 g/mol. The molecule has 44 heavy (non-hydrogen) atoms. The second kappa shape index (κ2) is 26.4. The molecule has 0 aromatic heterocycles. The van der Waals surface area contributed by atoms with Crippen LogP contribution in [0.15, 0.2) is 0 Å².